The van der Waals surface area contributed by atoms with Gasteiger partial charge in [-0.2, -0.15) is 0 Å². The summed E-state index contributed by atoms with van der Waals surface area (Å²) in [4.78, 5) is 12.7. The number of hydrogen-bond donors (Lipinski definition) is 3. The second-order valence-corrected chi connectivity index (χ2v) is 4.36. The first-order valence-electron chi connectivity index (χ1n) is 6.01. The Bertz CT molecular complexity index is 205. The van der Waals surface area contributed by atoms with Gasteiger partial charge in [-0.1, -0.05) is 6.42 Å². The van der Waals surface area contributed by atoms with E-state index in [1.54, 1.807) is 0 Å². The highest BCUT2D eigenvalue weighted by atomic mass is 16.4. The van der Waals surface area contributed by atoms with Crippen molar-refractivity contribution in [1.82, 2.24) is 10.2 Å². The zero-order valence-electron chi connectivity index (χ0n) is 9.69. The quantitative estimate of drug-likeness (QED) is 0.533. The molecule has 1 aliphatic heterocycles. The van der Waals surface area contributed by atoms with E-state index in [9.17, 15) is 9.90 Å². The van der Waals surface area contributed by atoms with Crippen molar-refractivity contribution >= 4 is 5.97 Å². The fourth-order valence-electron chi connectivity index (χ4n) is 1.96. The molecule has 3 N–H and O–H groups in total. The first-order valence-corrected chi connectivity index (χ1v) is 6.01. The lowest BCUT2D eigenvalue weighted by atomic mass is 10.1. The van der Waals surface area contributed by atoms with Crippen LogP contribution in [0.4, 0.5) is 0 Å². The van der Waals surface area contributed by atoms with Crippen molar-refractivity contribution in [3.63, 3.8) is 0 Å². The topological polar surface area (TPSA) is 72.8 Å². The maximum atomic E-state index is 10.3. The monoisotopic (exact) mass is 230 g/mol. The normalized spacial score (nSPS) is 19.6. The van der Waals surface area contributed by atoms with Crippen molar-refractivity contribution in [2.24, 2.45) is 0 Å². The number of aliphatic hydroxyl groups excluding tert-OH is 1. The number of aliphatic carboxylic acids is 1. The van der Waals surface area contributed by atoms with Gasteiger partial charge in [0.1, 0.15) is 0 Å². The van der Waals surface area contributed by atoms with Crippen molar-refractivity contribution < 1.29 is 15.0 Å². The van der Waals surface area contributed by atoms with Gasteiger partial charge < -0.3 is 20.4 Å². The van der Waals surface area contributed by atoms with E-state index in [0.29, 0.717) is 6.54 Å². The Morgan fingerprint density at radius 2 is 2.00 bits per heavy atom. The molecule has 0 saturated carbocycles. The molecule has 1 fully saturated rings. The third kappa shape index (κ3) is 6.05. The number of rotatable bonds is 7. The molecule has 0 spiro atoms. The number of carboxylic acid groups (broad SMARTS) is 1. The van der Waals surface area contributed by atoms with Gasteiger partial charge in [-0.25, -0.2) is 0 Å². The summed E-state index contributed by atoms with van der Waals surface area (Å²) in [7, 11) is 0. The third-order valence-electron chi connectivity index (χ3n) is 2.84. The number of hydrogen-bond acceptors (Lipinski definition) is 4. The van der Waals surface area contributed by atoms with E-state index in [2.05, 4.69) is 10.2 Å². The van der Waals surface area contributed by atoms with Crippen LogP contribution in [0, 0.1) is 0 Å². The van der Waals surface area contributed by atoms with E-state index < -0.39 is 12.1 Å². The predicted molar refractivity (Wildman–Crippen MR) is 61.4 cm³/mol. The van der Waals surface area contributed by atoms with Gasteiger partial charge in [-0.15, -0.1) is 0 Å². The Morgan fingerprint density at radius 1 is 1.31 bits per heavy atom. The summed E-state index contributed by atoms with van der Waals surface area (Å²) >= 11 is 0. The second-order valence-electron chi connectivity index (χ2n) is 4.36. The van der Waals surface area contributed by atoms with Crippen LogP contribution in [0.25, 0.3) is 0 Å². The summed E-state index contributed by atoms with van der Waals surface area (Å²) in [6, 6.07) is 0. The zero-order chi connectivity index (χ0) is 11.8. The lowest BCUT2D eigenvalue weighted by Gasteiger charge is -2.26. The second kappa shape index (κ2) is 7.60. The molecular weight excluding hydrogens is 208 g/mol. The standard InChI is InChI=1S/C11H22N2O3/c14-10(8-11(15)16)9-12-4-7-13-5-2-1-3-6-13/h10,12,14H,1-9H2,(H,15,16). The fraction of sp³-hybridized carbons (Fsp3) is 0.909. The summed E-state index contributed by atoms with van der Waals surface area (Å²) in [5.74, 6) is -0.953. The molecule has 0 amide bonds. The minimum Gasteiger partial charge on any atom is -0.481 e. The van der Waals surface area contributed by atoms with Gasteiger partial charge in [0.2, 0.25) is 0 Å². The summed E-state index contributed by atoms with van der Waals surface area (Å²) in [6.45, 7) is 4.50. The van der Waals surface area contributed by atoms with Crippen molar-refractivity contribution in [2.75, 3.05) is 32.7 Å². The molecule has 1 heterocycles. The minimum atomic E-state index is -0.953. The minimum absolute atomic E-state index is 0.184. The number of piperidine rings is 1. The smallest absolute Gasteiger partial charge is 0.306 e. The molecule has 0 aromatic heterocycles. The van der Waals surface area contributed by atoms with Gasteiger partial charge in [-0.05, 0) is 25.9 Å². The van der Waals surface area contributed by atoms with Crippen LogP contribution in [0.2, 0.25) is 0 Å². The summed E-state index contributed by atoms with van der Waals surface area (Å²) < 4.78 is 0. The molecule has 5 heteroatoms. The number of nitrogens with one attached hydrogen (secondary N) is 1. The van der Waals surface area contributed by atoms with E-state index in [0.717, 1.165) is 13.1 Å². The van der Waals surface area contributed by atoms with Gasteiger partial charge in [0, 0.05) is 19.6 Å². The molecule has 1 saturated heterocycles. The number of aliphatic hydroxyl groups is 1. The molecule has 1 unspecified atom stereocenters. The summed E-state index contributed by atoms with van der Waals surface area (Å²) in [5, 5.41) is 20.8. The number of carboxylic acids is 1. The molecule has 0 radical (unpaired) electrons. The lowest BCUT2D eigenvalue weighted by molar-refractivity contribution is -0.139. The highest BCUT2D eigenvalue weighted by Crippen LogP contribution is 2.07. The largest absolute Gasteiger partial charge is 0.481 e. The van der Waals surface area contributed by atoms with E-state index in [4.69, 9.17) is 5.11 Å². The zero-order valence-corrected chi connectivity index (χ0v) is 9.69. The average molecular weight is 230 g/mol. The Balaban J connectivity index is 1.96. The van der Waals surface area contributed by atoms with Crippen LogP contribution in [0.1, 0.15) is 25.7 Å². The summed E-state index contributed by atoms with van der Waals surface area (Å²) in [6.07, 6.45) is 2.93. The van der Waals surface area contributed by atoms with Crippen LogP contribution in [0.15, 0.2) is 0 Å². The Hall–Kier alpha value is -0.650. The molecule has 1 atom stereocenters. The molecule has 0 bridgehead atoms. The molecule has 1 rings (SSSR count). The predicted octanol–water partition coefficient (Wildman–Crippen LogP) is -0.102. The van der Waals surface area contributed by atoms with Crippen LogP contribution in [-0.4, -0.2) is 59.9 Å². The van der Waals surface area contributed by atoms with Crippen molar-refractivity contribution in [2.45, 2.75) is 31.8 Å². The lowest BCUT2D eigenvalue weighted by Crippen LogP contribution is -2.38. The van der Waals surface area contributed by atoms with Crippen molar-refractivity contribution in [1.29, 1.82) is 0 Å². The molecule has 1 aliphatic rings. The first-order chi connectivity index (χ1) is 7.68. The van der Waals surface area contributed by atoms with Gasteiger partial charge in [-0.3, -0.25) is 4.79 Å². The molecule has 0 aliphatic carbocycles. The molecule has 94 valence electrons. The molecule has 16 heavy (non-hydrogen) atoms. The van der Waals surface area contributed by atoms with Crippen LogP contribution < -0.4 is 5.32 Å². The van der Waals surface area contributed by atoms with Crippen molar-refractivity contribution in [3.8, 4) is 0 Å². The highest BCUT2D eigenvalue weighted by molar-refractivity contribution is 5.67. The van der Waals surface area contributed by atoms with Gasteiger partial charge >= 0.3 is 5.97 Å². The Labute approximate surface area is 96.4 Å². The number of carbonyl (C=O) groups is 1. The Kier molecular flexibility index (Phi) is 6.37. The summed E-state index contributed by atoms with van der Waals surface area (Å²) in [5.41, 5.74) is 0. The molecular formula is C11H22N2O3. The van der Waals surface area contributed by atoms with Gasteiger partial charge in [0.25, 0.3) is 0 Å². The number of nitrogens with zero attached hydrogens (tertiary/aromatic N) is 1. The average Bonchev–Trinajstić information content (AvgIpc) is 2.25. The van der Waals surface area contributed by atoms with Gasteiger partial charge in [0.15, 0.2) is 0 Å². The van der Waals surface area contributed by atoms with Crippen LogP contribution in [-0.2, 0) is 4.79 Å². The van der Waals surface area contributed by atoms with Crippen molar-refractivity contribution in [3.05, 3.63) is 0 Å². The van der Waals surface area contributed by atoms with E-state index in [1.165, 1.54) is 32.4 Å². The van der Waals surface area contributed by atoms with E-state index in [1.807, 2.05) is 0 Å². The first kappa shape index (κ1) is 13.4. The van der Waals surface area contributed by atoms with Crippen LogP contribution in [0.5, 0.6) is 0 Å². The van der Waals surface area contributed by atoms with Crippen LogP contribution in [0.3, 0.4) is 0 Å². The van der Waals surface area contributed by atoms with E-state index in [-0.39, 0.29) is 6.42 Å². The maximum absolute atomic E-state index is 10.3. The van der Waals surface area contributed by atoms with Gasteiger partial charge in [0.05, 0.1) is 12.5 Å². The number of likely N-dealkylation sites (tertiary alicyclic amines) is 1. The van der Waals surface area contributed by atoms with E-state index >= 15 is 0 Å². The maximum Gasteiger partial charge on any atom is 0.306 e. The SMILES string of the molecule is O=C(O)CC(O)CNCCN1CCCCC1. The molecule has 0 aromatic carbocycles. The van der Waals surface area contributed by atoms with Crippen LogP contribution >= 0.6 is 0 Å². The third-order valence-corrected chi connectivity index (χ3v) is 2.84. The highest BCUT2D eigenvalue weighted by Gasteiger charge is 2.10. The fourth-order valence-corrected chi connectivity index (χ4v) is 1.96. The Morgan fingerprint density at radius 3 is 2.62 bits per heavy atom. The molecule has 5 nitrogen and oxygen atoms in total. The molecule has 0 aromatic rings.